The highest BCUT2D eigenvalue weighted by atomic mass is 16.1. The SMILES string of the molecule is N#CC12CCC(=O)C=C1CCNC2. The van der Waals surface area contributed by atoms with Crippen LogP contribution >= 0.6 is 0 Å². The van der Waals surface area contributed by atoms with Crippen LogP contribution in [-0.4, -0.2) is 18.9 Å². The van der Waals surface area contributed by atoms with Crippen molar-refractivity contribution in [2.45, 2.75) is 19.3 Å². The quantitative estimate of drug-likeness (QED) is 0.593. The molecule has 0 aromatic rings. The highest BCUT2D eigenvalue weighted by Crippen LogP contribution is 2.38. The van der Waals surface area contributed by atoms with Crippen LogP contribution in [0.15, 0.2) is 11.6 Å². The molecule has 3 heteroatoms. The van der Waals surface area contributed by atoms with Crippen LogP contribution in [0.3, 0.4) is 0 Å². The molecule has 13 heavy (non-hydrogen) atoms. The van der Waals surface area contributed by atoms with Gasteiger partial charge in [-0.25, -0.2) is 0 Å². The lowest BCUT2D eigenvalue weighted by molar-refractivity contribution is -0.115. The number of piperidine rings is 1. The van der Waals surface area contributed by atoms with E-state index >= 15 is 0 Å². The van der Waals surface area contributed by atoms with Crippen molar-refractivity contribution in [1.29, 1.82) is 5.26 Å². The molecule has 1 N–H and O–H groups in total. The van der Waals surface area contributed by atoms with E-state index in [1.54, 1.807) is 6.08 Å². The number of nitriles is 1. The van der Waals surface area contributed by atoms with E-state index in [9.17, 15) is 4.79 Å². The van der Waals surface area contributed by atoms with E-state index in [0.29, 0.717) is 19.4 Å². The van der Waals surface area contributed by atoms with Crippen LogP contribution in [0.5, 0.6) is 0 Å². The van der Waals surface area contributed by atoms with Crippen LogP contribution in [0.2, 0.25) is 0 Å². The van der Waals surface area contributed by atoms with Crippen molar-refractivity contribution < 1.29 is 4.79 Å². The van der Waals surface area contributed by atoms with Crippen LogP contribution in [0, 0.1) is 16.7 Å². The lowest BCUT2D eigenvalue weighted by atomic mass is 9.70. The average molecular weight is 176 g/mol. The van der Waals surface area contributed by atoms with Crippen LogP contribution in [0.25, 0.3) is 0 Å². The monoisotopic (exact) mass is 176 g/mol. The zero-order chi connectivity index (χ0) is 9.31. The van der Waals surface area contributed by atoms with Crippen molar-refractivity contribution in [3.8, 4) is 6.07 Å². The average Bonchev–Trinajstić information content (AvgIpc) is 2.18. The van der Waals surface area contributed by atoms with Crippen molar-refractivity contribution in [2.75, 3.05) is 13.1 Å². The fourth-order valence-corrected chi connectivity index (χ4v) is 2.11. The zero-order valence-corrected chi connectivity index (χ0v) is 7.47. The third-order valence-electron chi connectivity index (χ3n) is 2.96. The van der Waals surface area contributed by atoms with E-state index in [2.05, 4.69) is 11.4 Å². The van der Waals surface area contributed by atoms with Gasteiger partial charge in [-0.3, -0.25) is 4.79 Å². The van der Waals surface area contributed by atoms with Crippen LogP contribution in [0.4, 0.5) is 0 Å². The number of rotatable bonds is 0. The summed E-state index contributed by atoms with van der Waals surface area (Å²) < 4.78 is 0. The summed E-state index contributed by atoms with van der Waals surface area (Å²) in [5, 5.41) is 12.3. The van der Waals surface area contributed by atoms with E-state index in [1.165, 1.54) is 0 Å². The molecule has 0 amide bonds. The Morgan fingerprint density at radius 1 is 1.54 bits per heavy atom. The van der Waals surface area contributed by atoms with E-state index in [-0.39, 0.29) is 11.2 Å². The molecule has 3 nitrogen and oxygen atoms in total. The molecule has 1 aliphatic heterocycles. The summed E-state index contributed by atoms with van der Waals surface area (Å²) >= 11 is 0. The first-order valence-electron chi connectivity index (χ1n) is 4.63. The first-order chi connectivity index (χ1) is 6.27. The lowest BCUT2D eigenvalue weighted by Gasteiger charge is -2.36. The first-order valence-corrected chi connectivity index (χ1v) is 4.63. The molecule has 1 atom stereocenters. The van der Waals surface area contributed by atoms with Crippen LogP contribution in [-0.2, 0) is 4.79 Å². The molecule has 0 radical (unpaired) electrons. The predicted octanol–water partition coefficient (Wildman–Crippen LogP) is 0.779. The van der Waals surface area contributed by atoms with E-state index in [4.69, 9.17) is 5.26 Å². The number of hydrogen-bond acceptors (Lipinski definition) is 3. The molecule has 0 aromatic heterocycles. The molecular weight excluding hydrogens is 164 g/mol. The first kappa shape index (κ1) is 8.46. The van der Waals surface area contributed by atoms with Gasteiger partial charge >= 0.3 is 0 Å². The molecule has 1 fully saturated rings. The van der Waals surface area contributed by atoms with E-state index in [0.717, 1.165) is 18.5 Å². The summed E-state index contributed by atoms with van der Waals surface area (Å²) in [5.74, 6) is 0.183. The summed E-state index contributed by atoms with van der Waals surface area (Å²) in [6, 6.07) is 2.36. The normalized spacial score (nSPS) is 33.2. The van der Waals surface area contributed by atoms with E-state index < -0.39 is 0 Å². The van der Waals surface area contributed by atoms with Gasteiger partial charge in [-0.1, -0.05) is 0 Å². The third-order valence-corrected chi connectivity index (χ3v) is 2.96. The predicted molar refractivity (Wildman–Crippen MR) is 47.9 cm³/mol. The van der Waals surface area contributed by atoms with Gasteiger partial charge in [0.2, 0.25) is 0 Å². The second-order valence-corrected chi connectivity index (χ2v) is 3.76. The molecule has 1 unspecified atom stereocenters. The molecular formula is C10H12N2O. The molecule has 0 saturated carbocycles. The van der Waals surface area contributed by atoms with E-state index in [1.807, 2.05) is 0 Å². The van der Waals surface area contributed by atoms with Crippen LogP contribution < -0.4 is 5.32 Å². The maximum atomic E-state index is 11.2. The summed E-state index contributed by atoms with van der Waals surface area (Å²) in [6.07, 6.45) is 3.76. The third kappa shape index (κ3) is 1.27. The summed E-state index contributed by atoms with van der Waals surface area (Å²) in [5.41, 5.74) is 0.677. The van der Waals surface area contributed by atoms with Gasteiger partial charge in [0.25, 0.3) is 0 Å². The molecule has 0 spiro atoms. The van der Waals surface area contributed by atoms with Crippen molar-refractivity contribution in [2.24, 2.45) is 5.41 Å². The number of carbonyl (C=O) groups is 1. The lowest BCUT2D eigenvalue weighted by Crippen LogP contribution is -2.43. The minimum Gasteiger partial charge on any atom is -0.314 e. The maximum Gasteiger partial charge on any atom is 0.155 e. The van der Waals surface area contributed by atoms with Gasteiger partial charge in [0, 0.05) is 13.0 Å². The van der Waals surface area contributed by atoms with Gasteiger partial charge in [0.15, 0.2) is 5.78 Å². The number of nitrogens with one attached hydrogen (secondary N) is 1. The molecule has 1 aliphatic carbocycles. The Morgan fingerprint density at radius 2 is 2.38 bits per heavy atom. The number of fused-ring (bicyclic) bond motifs is 1. The summed E-state index contributed by atoms with van der Waals surface area (Å²) in [7, 11) is 0. The highest BCUT2D eigenvalue weighted by Gasteiger charge is 2.39. The van der Waals surface area contributed by atoms with Gasteiger partial charge in [-0.2, -0.15) is 5.26 Å². The molecule has 1 saturated heterocycles. The Bertz CT molecular complexity index is 313. The minimum absolute atomic E-state index is 0.183. The molecule has 2 aliphatic rings. The summed E-state index contributed by atoms with van der Waals surface area (Å²) in [6.45, 7) is 1.60. The smallest absolute Gasteiger partial charge is 0.155 e. The van der Waals surface area contributed by atoms with Gasteiger partial charge in [0.1, 0.15) is 0 Å². The molecule has 2 rings (SSSR count). The van der Waals surface area contributed by atoms with Gasteiger partial charge in [0.05, 0.1) is 11.5 Å². The van der Waals surface area contributed by atoms with Crippen molar-refractivity contribution >= 4 is 5.78 Å². The van der Waals surface area contributed by atoms with Crippen molar-refractivity contribution in [3.63, 3.8) is 0 Å². The Balaban J connectivity index is 2.37. The van der Waals surface area contributed by atoms with Gasteiger partial charge < -0.3 is 5.32 Å². The number of nitrogens with zero attached hydrogens (tertiary/aromatic N) is 1. The topological polar surface area (TPSA) is 52.9 Å². The zero-order valence-electron chi connectivity index (χ0n) is 7.47. The second kappa shape index (κ2) is 2.97. The largest absolute Gasteiger partial charge is 0.314 e. The second-order valence-electron chi connectivity index (χ2n) is 3.76. The number of hydrogen-bond donors (Lipinski definition) is 1. The van der Waals surface area contributed by atoms with Crippen molar-refractivity contribution in [1.82, 2.24) is 5.32 Å². The highest BCUT2D eigenvalue weighted by molar-refractivity contribution is 5.92. The fraction of sp³-hybridized carbons (Fsp3) is 0.600. The molecule has 0 bridgehead atoms. The standard InChI is InChI=1S/C10H12N2O/c11-6-10-3-1-9(13)5-8(10)2-4-12-7-10/h5,12H,1-4,7H2. The minimum atomic E-state index is -0.369. The Labute approximate surface area is 77.4 Å². The molecule has 0 aromatic carbocycles. The fourth-order valence-electron chi connectivity index (χ4n) is 2.11. The number of ketones is 1. The molecule has 68 valence electrons. The number of carbonyl (C=O) groups excluding carboxylic acids is 1. The van der Waals surface area contributed by atoms with Crippen LogP contribution in [0.1, 0.15) is 19.3 Å². The van der Waals surface area contributed by atoms with Gasteiger partial charge in [-0.15, -0.1) is 0 Å². The summed E-state index contributed by atoms with van der Waals surface area (Å²) in [4.78, 5) is 11.2. The Hall–Kier alpha value is -1.14. The van der Waals surface area contributed by atoms with Gasteiger partial charge in [-0.05, 0) is 31.0 Å². The van der Waals surface area contributed by atoms with Crippen molar-refractivity contribution in [3.05, 3.63) is 11.6 Å². The Kier molecular flexibility index (Phi) is 1.93. The Morgan fingerprint density at radius 3 is 3.15 bits per heavy atom. The maximum absolute atomic E-state index is 11.2. The number of allylic oxidation sites excluding steroid dienone is 1. The molecule has 1 heterocycles.